The summed E-state index contributed by atoms with van der Waals surface area (Å²) < 4.78 is 5.66. The third kappa shape index (κ3) is 1.49. The first-order chi connectivity index (χ1) is 6.38. The van der Waals surface area contributed by atoms with Crippen molar-refractivity contribution in [2.24, 2.45) is 5.41 Å². The molecule has 3 nitrogen and oxygen atoms in total. The van der Waals surface area contributed by atoms with E-state index in [9.17, 15) is 0 Å². The van der Waals surface area contributed by atoms with Crippen molar-refractivity contribution in [1.29, 1.82) is 0 Å². The molecule has 1 aliphatic carbocycles. The van der Waals surface area contributed by atoms with E-state index in [1.54, 1.807) is 0 Å². The van der Waals surface area contributed by atoms with Gasteiger partial charge in [-0.2, -0.15) is 0 Å². The van der Waals surface area contributed by atoms with Crippen LogP contribution in [0.1, 0.15) is 12.8 Å². The molecule has 1 N–H and O–H groups in total. The molecule has 2 saturated heterocycles. The Kier molecular flexibility index (Phi) is 1.86. The highest BCUT2D eigenvalue weighted by molar-refractivity contribution is 4.99. The molecule has 0 amide bonds. The van der Waals surface area contributed by atoms with Gasteiger partial charge in [-0.25, -0.2) is 0 Å². The van der Waals surface area contributed by atoms with Crippen LogP contribution >= 0.6 is 0 Å². The number of hydrogen-bond donors (Lipinski definition) is 1. The average molecular weight is 182 g/mol. The quantitative estimate of drug-likeness (QED) is 0.621. The molecule has 1 spiro atoms. The van der Waals surface area contributed by atoms with E-state index >= 15 is 0 Å². The molecule has 0 radical (unpaired) electrons. The molecule has 74 valence electrons. The lowest BCUT2D eigenvalue weighted by molar-refractivity contribution is 0.112. The third-order valence-electron chi connectivity index (χ3n) is 3.70. The summed E-state index contributed by atoms with van der Waals surface area (Å²) in [5.74, 6) is 0. The highest BCUT2D eigenvalue weighted by atomic mass is 16.5. The molecule has 3 aliphatic rings. The van der Waals surface area contributed by atoms with Crippen LogP contribution in [0.5, 0.6) is 0 Å². The van der Waals surface area contributed by atoms with Crippen molar-refractivity contribution in [3.8, 4) is 0 Å². The summed E-state index contributed by atoms with van der Waals surface area (Å²) in [5, 5.41) is 3.34. The molecule has 13 heavy (non-hydrogen) atoms. The Bertz CT molecular complexity index is 199. The molecule has 0 aromatic rings. The Balaban J connectivity index is 1.65. The van der Waals surface area contributed by atoms with Crippen molar-refractivity contribution in [2.45, 2.75) is 18.9 Å². The zero-order valence-electron chi connectivity index (χ0n) is 8.09. The predicted molar refractivity (Wildman–Crippen MR) is 50.7 cm³/mol. The van der Waals surface area contributed by atoms with E-state index in [0.717, 1.165) is 25.8 Å². The van der Waals surface area contributed by atoms with Gasteiger partial charge in [0.15, 0.2) is 0 Å². The molecule has 3 fully saturated rings. The molecule has 3 rings (SSSR count). The SMILES string of the molecule is C1CN(C2CNC2)CC2(CC2)CO1. The summed E-state index contributed by atoms with van der Waals surface area (Å²) in [6.07, 6.45) is 2.79. The third-order valence-corrected chi connectivity index (χ3v) is 3.70. The number of rotatable bonds is 1. The van der Waals surface area contributed by atoms with Gasteiger partial charge in [-0.3, -0.25) is 4.90 Å². The van der Waals surface area contributed by atoms with Crippen LogP contribution in [-0.2, 0) is 4.74 Å². The maximum atomic E-state index is 5.66. The monoisotopic (exact) mass is 182 g/mol. The number of ether oxygens (including phenoxy) is 1. The summed E-state index contributed by atoms with van der Waals surface area (Å²) in [6.45, 7) is 6.78. The van der Waals surface area contributed by atoms with Gasteiger partial charge in [-0.1, -0.05) is 0 Å². The van der Waals surface area contributed by atoms with Gasteiger partial charge in [0.1, 0.15) is 0 Å². The Hall–Kier alpha value is -0.120. The van der Waals surface area contributed by atoms with E-state index in [1.807, 2.05) is 0 Å². The van der Waals surface area contributed by atoms with Gasteiger partial charge in [-0.15, -0.1) is 0 Å². The van der Waals surface area contributed by atoms with Crippen molar-refractivity contribution in [3.05, 3.63) is 0 Å². The molecule has 0 unspecified atom stereocenters. The van der Waals surface area contributed by atoms with E-state index in [1.165, 1.54) is 32.5 Å². The van der Waals surface area contributed by atoms with E-state index < -0.39 is 0 Å². The maximum absolute atomic E-state index is 5.66. The molecular formula is C10H18N2O. The fourth-order valence-electron chi connectivity index (χ4n) is 2.35. The molecule has 0 aromatic heterocycles. The summed E-state index contributed by atoms with van der Waals surface area (Å²) in [4.78, 5) is 2.64. The normalized spacial score (nSPS) is 34.2. The van der Waals surface area contributed by atoms with Crippen LogP contribution in [0.2, 0.25) is 0 Å². The summed E-state index contributed by atoms with van der Waals surface area (Å²) in [7, 11) is 0. The molecule has 0 bridgehead atoms. The molecule has 3 heteroatoms. The number of hydrogen-bond acceptors (Lipinski definition) is 3. The van der Waals surface area contributed by atoms with Crippen molar-refractivity contribution >= 4 is 0 Å². The van der Waals surface area contributed by atoms with Crippen molar-refractivity contribution in [1.82, 2.24) is 10.2 Å². The van der Waals surface area contributed by atoms with Gasteiger partial charge >= 0.3 is 0 Å². The van der Waals surface area contributed by atoms with Crippen molar-refractivity contribution in [3.63, 3.8) is 0 Å². The van der Waals surface area contributed by atoms with Gasteiger partial charge in [0.25, 0.3) is 0 Å². The topological polar surface area (TPSA) is 24.5 Å². The minimum Gasteiger partial charge on any atom is -0.379 e. The molecule has 0 atom stereocenters. The molecule has 2 aliphatic heterocycles. The standard InChI is InChI=1S/C10H18N2O/c1-2-10(1)7-12(3-4-13-8-10)9-5-11-6-9/h9,11H,1-8H2. The zero-order valence-corrected chi connectivity index (χ0v) is 8.09. The Morgan fingerprint density at radius 1 is 1.31 bits per heavy atom. The summed E-state index contributed by atoms with van der Waals surface area (Å²) in [5.41, 5.74) is 0.575. The minimum atomic E-state index is 0.575. The second-order valence-corrected chi connectivity index (χ2v) is 4.84. The van der Waals surface area contributed by atoms with E-state index in [2.05, 4.69) is 10.2 Å². The summed E-state index contributed by atoms with van der Waals surface area (Å²) in [6, 6.07) is 0.805. The second-order valence-electron chi connectivity index (χ2n) is 4.84. The lowest BCUT2D eigenvalue weighted by atomic mass is 10.0. The Morgan fingerprint density at radius 3 is 2.77 bits per heavy atom. The van der Waals surface area contributed by atoms with Crippen molar-refractivity contribution < 1.29 is 4.74 Å². The van der Waals surface area contributed by atoms with Gasteiger partial charge < -0.3 is 10.1 Å². The summed E-state index contributed by atoms with van der Waals surface area (Å²) >= 11 is 0. The van der Waals surface area contributed by atoms with Crippen LogP contribution in [0.15, 0.2) is 0 Å². The molecule has 1 saturated carbocycles. The van der Waals surface area contributed by atoms with Gasteiger partial charge in [-0.05, 0) is 12.8 Å². The number of nitrogens with zero attached hydrogens (tertiary/aromatic N) is 1. The first kappa shape index (κ1) is 8.21. The lowest BCUT2D eigenvalue weighted by Crippen LogP contribution is -2.58. The fraction of sp³-hybridized carbons (Fsp3) is 1.00. The minimum absolute atomic E-state index is 0.575. The Morgan fingerprint density at radius 2 is 2.15 bits per heavy atom. The van der Waals surface area contributed by atoms with Crippen LogP contribution in [0.4, 0.5) is 0 Å². The second kappa shape index (κ2) is 2.94. The van der Waals surface area contributed by atoms with Crippen LogP contribution < -0.4 is 5.32 Å². The van der Waals surface area contributed by atoms with Crippen LogP contribution in [-0.4, -0.2) is 50.3 Å². The average Bonchev–Trinajstić information content (AvgIpc) is 2.78. The maximum Gasteiger partial charge on any atom is 0.0593 e. The van der Waals surface area contributed by atoms with Crippen LogP contribution in [0.3, 0.4) is 0 Å². The zero-order chi connectivity index (χ0) is 8.73. The Labute approximate surface area is 79.4 Å². The molecular weight excluding hydrogens is 164 g/mol. The lowest BCUT2D eigenvalue weighted by Gasteiger charge is -2.38. The predicted octanol–water partition coefficient (Wildman–Crippen LogP) is 0.0706. The smallest absolute Gasteiger partial charge is 0.0593 e. The van der Waals surface area contributed by atoms with Crippen molar-refractivity contribution in [2.75, 3.05) is 39.4 Å². The highest BCUT2D eigenvalue weighted by Gasteiger charge is 2.46. The van der Waals surface area contributed by atoms with Gasteiger partial charge in [0, 0.05) is 37.6 Å². The largest absolute Gasteiger partial charge is 0.379 e. The first-order valence-corrected chi connectivity index (χ1v) is 5.41. The van der Waals surface area contributed by atoms with Crippen LogP contribution in [0.25, 0.3) is 0 Å². The van der Waals surface area contributed by atoms with E-state index in [-0.39, 0.29) is 0 Å². The molecule has 2 heterocycles. The molecule has 0 aromatic carbocycles. The van der Waals surface area contributed by atoms with Gasteiger partial charge in [0.05, 0.1) is 13.2 Å². The highest BCUT2D eigenvalue weighted by Crippen LogP contribution is 2.47. The van der Waals surface area contributed by atoms with Gasteiger partial charge in [0.2, 0.25) is 0 Å². The van der Waals surface area contributed by atoms with Crippen LogP contribution in [0, 0.1) is 5.41 Å². The fourth-order valence-corrected chi connectivity index (χ4v) is 2.35. The van der Waals surface area contributed by atoms with E-state index in [0.29, 0.717) is 5.41 Å². The van der Waals surface area contributed by atoms with E-state index in [4.69, 9.17) is 4.74 Å². The first-order valence-electron chi connectivity index (χ1n) is 5.41. The number of nitrogens with one attached hydrogen (secondary N) is 1.